The zero-order valence-electron chi connectivity index (χ0n) is 14.0. The van der Waals surface area contributed by atoms with Gasteiger partial charge in [0.25, 0.3) is 0 Å². The Morgan fingerprint density at radius 1 is 1.46 bits per heavy atom. The van der Waals surface area contributed by atoms with Crippen LogP contribution in [0.2, 0.25) is 0 Å². The van der Waals surface area contributed by atoms with Gasteiger partial charge in [-0.25, -0.2) is 18.2 Å². The molecule has 1 aliphatic heterocycles. The number of pyridine rings is 1. The lowest BCUT2D eigenvalue weighted by molar-refractivity contribution is 0.0219. The van der Waals surface area contributed by atoms with E-state index in [0.29, 0.717) is 19.4 Å². The number of likely N-dealkylation sites (tertiary alicyclic amines) is 1. The number of ether oxygens (including phenoxy) is 1. The summed E-state index contributed by atoms with van der Waals surface area (Å²) in [6, 6.07) is 4.80. The van der Waals surface area contributed by atoms with Crippen molar-refractivity contribution in [2.24, 2.45) is 0 Å². The Labute approximate surface area is 142 Å². The highest BCUT2D eigenvalue weighted by atomic mass is 32.2. The van der Waals surface area contributed by atoms with E-state index < -0.39 is 26.8 Å². The molecule has 1 aromatic rings. The topological polar surface area (TPSA) is 100 Å². The molecule has 1 aliphatic rings. The van der Waals surface area contributed by atoms with Gasteiger partial charge in [-0.1, -0.05) is 0 Å². The van der Waals surface area contributed by atoms with Crippen LogP contribution in [0.15, 0.2) is 23.4 Å². The highest BCUT2D eigenvalue weighted by Crippen LogP contribution is 2.25. The van der Waals surface area contributed by atoms with Crippen LogP contribution in [0, 0.1) is 11.3 Å². The third kappa shape index (κ3) is 4.03. The Morgan fingerprint density at radius 3 is 2.79 bits per heavy atom. The van der Waals surface area contributed by atoms with Gasteiger partial charge in [-0.3, -0.25) is 0 Å². The number of sulfone groups is 1. The fourth-order valence-electron chi connectivity index (χ4n) is 2.54. The summed E-state index contributed by atoms with van der Waals surface area (Å²) < 4.78 is 31.0. The van der Waals surface area contributed by atoms with E-state index in [9.17, 15) is 13.2 Å². The number of hydrogen-bond donors (Lipinski definition) is 0. The molecule has 0 aromatic carbocycles. The SMILES string of the molecule is CC(C)(C)OC(=O)N1CCCC(S(=O)(=O)c2ncccc2C#N)C1. The van der Waals surface area contributed by atoms with Gasteiger partial charge in [-0.2, -0.15) is 5.26 Å². The average Bonchev–Trinajstić information content (AvgIpc) is 2.53. The second-order valence-corrected chi connectivity index (χ2v) is 8.85. The summed E-state index contributed by atoms with van der Waals surface area (Å²) in [5.74, 6) is 0. The standard InChI is InChI=1S/C16H21N3O4S/c1-16(2,3)23-15(20)19-9-5-7-13(11-19)24(21,22)14-12(10-17)6-4-8-18-14/h4,6,8,13H,5,7,9,11H2,1-3H3. The third-order valence-corrected chi connectivity index (χ3v) is 5.76. The maximum Gasteiger partial charge on any atom is 0.410 e. The molecule has 1 amide bonds. The van der Waals surface area contributed by atoms with Gasteiger partial charge in [0.1, 0.15) is 11.7 Å². The van der Waals surface area contributed by atoms with Crippen molar-refractivity contribution in [3.8, 4) is 6.07 Å². The molecule has 0 radical (unpaired) electrons. The molecule has 0 bridgehead atoms. The van der Waals surface area contributed by atoms with Gasteiger partial charge in [-0.15, -0.1) is 0 Å². The lowest BCUT2D eigenvalue weighted by atomic mass is 10.1. The molecule has 2 heterocycles. The van der Waals surface area contributed by atoms with E-state index in [-0.39, 0.29) is 17.1 Å². The zero-order chi connectivity index (χ0) is 18.0. The molecule has 1 aromatic heterocycles. The predicted octanol–water partition coefficient (Wildman–Crippen LogP) is 2.13. The Bertz CT molecular complexity index is 762. The molecule has 0 N–H and O–H groups in total. The Hall–Kier alpha value is -2.14. The van der Waals surface area contributed by atoms with Gasteiger partial charge < -0.3 is 9.64 Å². The van der Waals surface area contributed by atoms with Gasteiger partial charge in [0.15, 0.2) is 5.03 Å². The van der Waals surface area contributed by atoms with Gasteiger partial charge >= 0.3 is 6.09 Å². The molecule has 1 unspecified atom stereocenters. The van der Waals surface area contributed by atoms with Crippen molar-refractivity contribution in [3.63, 3.8) is 0 Å². The molecule has 0 saturated carbocycles. The van der Waals surface area contributed by atoms with Crippen LogP contribution in [0.3, 0.4) is 0 Å². The first-order valence-electron chi connectivity index (χ1n) is 7.72. The number of carbonyl (C=O) groups is 1. The second kappa shape index (κ2) is 6.77. The van der Waals surface area contributed by atoms with Crippen molar-refractivity contribution in [3.05, 3.63) is 23.9 Å². The second-order valence-electron chi connectivity index (χ2n) is 6.70. The van der Waals surface area contributed by atoms with Crippen LogP contribution in [-0.4, -0.2) is 48.3 Å². The number of rotatable bonds is 2. The van der Waals surface area contributed by atoms with Gasteiger partial charge in [0.2, 0.25) is 9.84 Å². The Morgan fingerprint density at radius 2 is 2.17 bits per heavy atom. The first-order chi connectivity index (χ1) is 11.1. The van der Waals surface area contributed by atoms with Crippen molar-refractivity contribution in [2.45, 2.75) is 49.5 Å². The van der Waals surface area contributed by atoms with Gasteiger partial charge in [-0.05, 0) is 45.7 Å². The highest BCUT2D eigenvalue weighted by Gasteiger charge is 2.37. The molecule has 24 heavy (non-hydrogen) atoms. The monoisotopic (exact) mass is 351 g/mol. The number of aromatic nitrogens is 1. The van der Waals surface area contributed by atoms with E-state index in [4.69, 9.17) is 10.00 Å². The summed E-state index contributed by atoms with van der Waals surface area (Å²) in [5, 5.41) is 8.10. The fraction of sp³-hybridized carbons (Fsp3) is 0.562. The minimum atomic E-state index is -3.80. The summed E-state index contributed by atoms with van der Waals surface area (Å²) in [6.45, 7) is 5.77. The molecule has 1 fully saturated rings. The summed E-state index contributed by atoms with van der Waals surface area (Å²) in [5.41, 5.74) is -0.621. The van der Waals surface area contributed by atoms with Crippen LogP contribution >= 0.6 is 0 Å². The smallest absolute Gasteiger partial charge is 0.410 e. The quantitative estimate of drug-likeness (QED) is 0.809. The van der Waals surface area contributed by atoms with Crippen molar-refractivity contribution >= 4 is 15.9 Å². The first-order valence-corrected chi connectivity index (χ1v) is 9.27. The number of nitriles is 1. The molecule has 1 atom stereocenters. The molecule has 0 spiro atoms. The fourth-order valence-corrected chi connectivity index (χ4v) is 4.34. The summed E-state index contributed by atoms with van der Waals surface area (Å²) in [4.78, 5) is 17.5. The largest absolute Gasteiger partial charge is 0.444 e. The molecular formula is C16H21N3O4S. The maximum absolute atomic E-state index is 12.8. The first kappa shape index (κ1) is 18.2. The van der Waals surface area contributed by atoms with Crippen molar-refractivity contribution < 1.29 is 17.9 Å². The Balaban J connectivity index is 2.23. The highest BCUT2D eigenvalue weighted by molar-refractivity contribution is 7.92. The van der Waals surface area contributed by atoms with Crippen LogP contribution in [0.1, 0.15) is 39.2 Å². The lowest BCUT2D eigenvalue weighted by Crippen LogP contribution is -2.47. The Kier molecular flexibility index (Phi) is 5.13. The van der Waals surface area contributed by atoms with Crippen LogP contribution in [0.5, 0.6) is 0 Å². The number of piperidine rings is 1. The van der Waals surface area contributed by atoms with E-state index in [1.165, 1.54) is 23.2 Å². The molecule has 130 valence electrons. The van der Waals surface area contributed by atoms with Crippen molar-refractivity contribution in [1.82, 2.24) is 9.88 Å². The molecule has 2 rings (SSSR count). The van der Waals surface area contributed by atoms with Crippen LogP contribution in [0.25, 0.3) is 0 Å². The van der Waals surface area contributed by atoms with E-state index in [1.807, 2.05) is 6.07 Å². The van der Waals surface area contributed by atoms with E-state index in [2.05, 4.69) is 4.98 Å². The van der Waals surface area contributed by atoms with E-state index in [0.717, 1.165) is 0 Å². The van der Waals surface area contributed by atoms with Crippen LogP contribution < -0.4 is 0 Å². The number of carbonyl (C=O) groups excluding carboxylic acids is 1. The number of nitrogens with zero attached hydrogens (tertiary/aromatic N) is 3. The molecule has 7 nitrogen and oxygen atoms in total. The number of amides is 1. The van der Waals surface area contributed by atoms with Gasteiger partial charge in [0.05, 0.1) is 10.8 Å². The third-order valence-electron chi connectivity index (χ3n) is 3.63. The van der Waals surface area contributed by atoms with Crippen molar-refractivity contribution in [1.29, 1.82) is 5.26 Å². The summed E-state index contributed by atoms with van der Waals surface area (Å²) in [6.07, 6.45) is 1.80. The van der Waals surface area contributed by atoms with Gasteiger partial charge in [0, 0.05) is 19.3 Å². The molecule has 1 saturated heterocycles. The normalized spacial score (nSPS) is 18.8. The van der Waals surface area contributed by atoms with E-state index in [1.54, 1.807) is 20.8 Å². The number of hydrogen-bond acceptors (Lipinski definition) is 6. The summed E-state index contributed by atoms with van der Waals surface area (Å²) in [7, 11) is -3.80. The summed E-state index contributed by atoms with van der Waals surface area (Å²) >= 11 is 0. The molecule has 0 aliphatic carbocycles. The zero-order valence-corrected chi connectivity index (χ0v) is 14.8. The average molecular weight is 351 g/mol. The van der Waals surface area contributed by atoms with E-state index >= 15 is 0 Å². The molecule has 8 heteroatoms. The maximum atomic E-state index is 12.8. The predicted molar refractivity (Wildman–Crippen MR) is 87.0 cm³/mol. The minimum absolute atomic E-state index is 0.0203. The van der Waals surface area contributed by atoms with Crippen LogP contribution in [-0.2, 0) is 14.6 Å². The molecular weight excluding hydrogens is 330 g/mol. The van der Waals surface area contributed by atoms with Crippen molar-refractivity contribution in [2.75, 3.05) is 13.1 Å². The van der Waals surface area contributed by atoms with Crippen LogP contribution in [0.4, 0.5) is 4.79 Å². The lowest BCUT2D eigenvalue weighted by Gasteiger charge is -2.33. The minimum Gasteiger partial charge on any atom is -0.444 e.